The molecule has 27 heavy (non-hydrogen) atoms. The number of halogens is 3. The van der Waals surface area contributed by atoms with Crippen LogP contribution < -0.4 is 10.2 Å². The molecule has 1 aromatic rings. The minimum Gasteiger partial charge on any atom is -0.353 e. The molecule has 1 aliphatic carbocycles. The maximum Gasteiger partial charge on any atom is 0.391 e. The molecule has 1 aliphatic heterocycles. The molecule has 3 rings (SSSR count). The summed E-state index contributed by atoms with van der Waals surface area (Å²) in [5, 5.41) is 2.68. The lowest BCUT2D eigenvalue weighted by atomic mass is 9.85. The average molecular weight is 400 g/mol. The molecule has 0 bridgehead atoms. The Morgan fingerprint density at radius 2 is 1.96 bits per heavy atom. The summed E-state index contributed by atoms with van der Waals surface area (Å²) >= 11 is 1.69. The number of carbonyl (C=O) groups excluding carboxylic acids is 2. The molecule has 1 fully saturated rings. The maximum absolute atomic E-state index is 12.9. The monoisotopic (exact) mass is 400 g/mol. The van der Waals surface area contributed by atoms with Gasteiger partial charge in [0.1, 0.15) is 0 Å². The zero-order chi connectivity index (χ0) is 19.4. The maximum atomic E-state index is 12.9. The van der Waals surface area contributed by atoms with Crippen LogP contribution in [0.15, 0.2) is 29.2 Å². The highest BCUT2D eigenvalue weighted by Gasteiger charge is 2.42. The van der Waals surface area contributed by atoms with Crippen LogP contribution in [-0.4, -0.2) is 36.3 Å². The predicted molar refractivity (Wildman–Crippen MR) is 98.7 cm³/mol. The highest BCUT2D eigenvalue weighted by atomic mass is 32.2. The van der Waals surface area contributed by atoms with Gasteiger partial charge in [-0.2, -0.15) is 13.2 Å². The number of alkyl halides is 3. The Morgan fingerprint density at radius 3 is 2.74 bits per heavy atom. The number of benzene rings is 1. The molecule has 2 unspecified atom stereocenters. The van der Waals surface area contributed by atoms with Crippen LogP contribution in [0.1, 0.15) is 38.5 Å². The molecule has 0 aromatic heterocycles. The molecule has 148 valence electrons. The summed E-state index contributed by atoms with van der Waals surface area (Å²) in [5.41, 5.74) is 0.861. The third kappa shape index (κ3) is 5.18. The summed E-state index contributed by atoms with van der Waals surface area (Å²) in [6.45, 7) is 0.595. The number of nitrogens with zero attached hydrogens (tertiary/aromatic N) is 1. The third-order valence-electron chi connectivity index (χ3n) is 5.10. The molecule has 2 atom stereocenters. The van der Waals surface area contributed by atoms with Gasteiger partial charge in [-0.15, -0.1) is 11.8 Å². The van der Waals surface area contributed by atoms with Gasteiger partial charge in [0, 0.05) is 36.1 Å². The minimum absolute atomic E-state index is 0.00216. The van der Waals surface area contributed by atoms with Gasteiger partial charge < -0.3 is 10.2 Å². The van der Waals surface area contributed by atoms with Gasteiger partial charge in [-0.1, -0.05) is 18.6 Å². The van der Waals surface area contributed by atoms with Gasteiger partial charge in [0.2, 0.25) is 11.8 Å². The Bertz CT molecular complexity index is 696. The molecule has 2 amide bonds. The van der Waals surface area contributed by atoms with Crippen molar-refractivity contribution in [2.45, 2.75) is 55.6 Å². The lowest BCUT2D eigenvalue weighted by molar-refractivity contribution is -0.184. The van der Waals surface area contributed by atoms with Crippen molar-refractivity contribution in [1.82, 2.24) is 5.32 Å². The fraction of sp³-hybridized carbons (Fsp3) is 0.579. The third-order valence-corrected chi connectivity index (χ3v) is 6.14. The van der Waals surface area contributed by atoms with Crippen LogP contribution in [0.2, 0.25) is 0 Å². The van der Waals surface area contributed by atoms with Gasteiger partial charge in [-0.25, -0.2) is 0 Å². The van der Waals surface area contributed by atoms with E-state index in [0.29, 0.717) is 19.4 Å². The van der Waals surface area contributed by atoms with E-state index in [1.807, 2.05) is 24.3 Å². The molecule has 1 aromatic carbocycles. The molecule has 0 spiro atoms. The number of hydrogen-bond donors (Lipinski definition) is 1. The molecular weight excluding hydrogens is 377 g/mol. The second kappa shape index (κ2) is 8.54. The first-order valence-corrected chi connectivity index (χ1v) is 10.2. The van der Waals surface area contributed by atoms with E-state index in [-0.39, 0.29) is 37.5 Å². The molecule has 0 saturated heterocycles. The van der Waals surface area contributed by atoms with Crippen LogP contribution >= 0.6 is 11.8 Å². The highest BCUT2D eigenvalue weighted by Crippen LogP contribution is 2.37. The summed E-state index contributed by atoms with van der Waals surface area (Å²) in [6, 6.07) is 7.19. The summed E-state index contributed by atoms with van der Waals surface area (Å²) in [6.07, 6.45) is -3.09. The van der Waals surface area contributed by atoms with Gasteiger partial charge >= 0.3 is 6.18 Å². The molecular formula is C19H23F3N2O2S. The van der Waals surface area contributed by atoms with Crippen LogP contribution in [0.4, 0.5) is 18.9 Å². The molecule has 1 N–H and O–H groups in total. The standard InChI is InChI=1S/C19H23F3N2O2S/c20-19(21,22)13-4-3-5-14(12-13)23-17(25)8-9-18(26)24-10-11-27-16-7-2-1-6-15(16)24/h1-2,6-7,13-14H,3-5,8-12H2,(H,23,25). The zero-order valence-corrected chi connectivity index (χ0v) is 15.7. The van der Waals surface area contributed by atoms with Crippen LogP contribution in [-0.2, 0) is 9.59 Å². The van der Waals surface area contributed by atoms with Crippen molar-refractivity contribution in [2.24, 2.45) is 5.92 Å². The van der Waals surface area contributed by atoms with Crippen molar-refractivity contribution in [3.05, 3.63) is 24.3 Å². The normalized spacial score (nSPS) is 22.9. The first-order valence-electron chi connectivity index (χ1n) is 9.23. The smallest absolute Gasteiger partial charge is 0.353 e. The minimum atomic E-state index is -4.21. The van der Waals surface area contributed by atoms with E-state index in [4.69, 9.17) is 0 Å². The van der Waals surface area contributed by atoms with Crippen molar-refractivity contribution < 1.29 is 22.8 Å². The highest BCUT2D eigenvalue weighted by molar-refractivity contribution is 7.99. The van der Waals surface area contributed by atoms with Crippen molar-refractivity contribution in [1.29, 1.82) is 0 Å². The lowest BCUT2D eigenvalue weighted by Gasteiger charge is -2.31. The van der Waals surface area contributed by atoms with E-state index in [9.17, 15) is 22.8 Å². The van der Waals surface area contributed by atoms with Crippen LogP contribution in [0.25, 0.3) is 0 Å². The fourth-order valence-electron chi connectivity index (χ4n) is 3.70. The van der Waals surface area contributed by atoms with E-state index in [1.165, 1.54) is 0 Å². The number of nitrogens with one attached hydrogen (secondary N) is 1. The molecule has 0 radical (unpaired) electrons. The van der Waals surface area contributed by atoms with Crippen molar-refractivity contribution in [3.63, 3.8) is 0 Å². The van der Waals surface area contributed by atoms with Gasteiger partial charge in [-0.3, -0.25) is 9.59 Å². The summed E-state index contributed by atoms with van der Waals surface area (Å²) < 4.78 is 38.6. The van der Waals surface area contributed by atoms with Gasteiger partial charge in [0.25, 0.3) is 0 Å². The van der Waals surface area contributed by atoms with Crippen molar-refractivity contribution >= 4 is 29.3 Å². The average Bonchev–Trinajstić information content (AvgIpc) is 2.65. The number of fused-ring (bicyclic) bond motifs is 1. The van der Waals surface area contributed by atoms with E-state index < -0.39 is 18.1 Å². The first-order chi connectivity index (χ1) is 12.8. The number of rotatable bonds is 4. The molecule has 1 saturated carbocycles. The number of carbonyl (C=O) groups is 2. The second-order valence-electron chi connectivity index (χ2n) is 7.03. The van der Waals surface area contributed by atoms with E-state index in [0.717, 1.165) is 16.3 Å². The Balaban J connectivity index is 1.49. The topological polar surface area (TPSA) is 49.4 Å². The Morgan fingerprint density at radius 1 is 1.19 bits per heavy atom. The van der Waals surface area contributed by atoms with Crippen molar-refractivity contribution in [2.75, 3.05) is 17.2 Å². The van der Waals surface area contributed by atoms with Crippen LogP contribution in [0.3, 0.4) is 0 Å². The quantitative estimate of drug-likeness (QED) is 0.826. The summed E-state index contributed by atoms with van der Waals surface area (Å²) in [4.78, 5) is 27.4. The Labute approximate surface area is 160 Å². The number of para-hydroxylation sites is 1. The number of amides is 2. The van der Waals surface area contributed by atoms with E-state index >= 15 is 0 Å². The van der Waals surface area contributed by atoms with Crippen LogP contribution in [0, 0.1) is 5.92 Å². The molecule has 8 heteroatoms. The summed E-state index contributed by atoms with van der Waals surface area (Å²) in [5.74, 6) is -1.03. The van der Waals surface area contributed by atoms with Gasteiger partial charge in [0.15, 0.2) is 0 Å². The fourth-order valence-corrected chi connectivity index (χ4v) is 4.70. The molecule has 1 heterocycles. The first kappa shape index (κ1) is 20.0. The number of hydrogen-bond acceptors (Lipinski definition) is 3. The predicted octanol–water partition coefficient (Wildman–Crippen LogP) is 4.14. The molecule has 2 aliphatic rings. The lowest BCUT2D eigenvalue weighted by Crippen LogP contribution is -2.42. The summed E-state index contributed by atoms with van der Waals surface area (Å²) in [7, 11) is 0. The SMILES string of the molecule is O=C(CCC(=O)N1CCSc2ccccc21)NC1CCCC(C(F)(F)F)C1. The Hall–Kier alpha value is -1.70. The van der Waals surface area contributed by atoms with Gasteiger partial charge in [-0.05, 0) is 31.4 Å². The van der Waals surface area contributed by atoms with Crippen molar-refractivity contribution in [3.8, 4) is 0 Å². The zero-order valence-electron chi connectivity index (χ0n) is 14.9. The van der Waals surface area contributed by atoms with E-state index in [2.05, 4.69) is 5.32 Å². The van der Waals surface area contributed by atoms with Gasteiger partial charge in [0.05, 0.1) is 11.6 Å². The number of anilines is 1. The number of thioether (sulfide) groups is 1. The van der Waals surface area contributed by atoms with E-state index in [1.54, 1.807) is 16.7 Å². The Kier molecular flexibility index (Phi) is 6.34. The molecule has 4 nitrogen and oxygen atoms in total. The van der Waals surface area contributed by atoms with Crippen LogP contribution in [0.5, 0.6) is 0 Å². The second-order valence-corrected chi connectivity index (χ2v) is 8.17. The largest absolute Gasteiger partial charge is 0.391 e.